The predicted molar refractivity (Wildman–Crippen MR) is 64.8 cm³/mol. The van der Waals surface area contributed by atoms with Crippen molar-refractivity contribution in [2.45, 2.75) is 31.7 Å². The highest BCUT2D eigenvalue weighted by Gasteiger charge is 2.23. The molecule has 1 fully saturated rings. The normalized spacial score (nSPS) is 18.9. The number of likely N-dealkylation sites (tertiary alicyclic amines) is 1. The summed E-state index contributed by atoms with van der Waals surface area (Å²) in [5, 5.41) is 9.27. The number of nitriles is 1. The summed E-state index contributed by atoms with van der Waals surface area (Å²) in [7, 11) is 0. The molecule has 1 saturated heterocycles. The van der Waals surface area contributed by atoms with Gasteiger partial charge in [-0.15, -0.1) is 0 Å². The summed E-state index contributed by atoms with van der Waals surface area (Å²) in [6, 6.07) is 4.96. The van der Waals surface area contributed by atoms with Crippen molar-refractivity contribution in [3.05, 3.63) is 35.4 Å². The van der Waals surface area contributed by atoms with Crippen molar-refractivity contribution in [1.82, 2.24) is 4.90 Å². The second-order valence-corrected chi connectivity index (χ2v) is 4.65. The minimum absolute atomic E-state index is 0.279. The number of nitrogens with zero attached hydrogens (tertiary/aromatic N) is 2. The van der Waals surface area contributed by atoms with E-state index in [0.29, 0.717) is 0 Å². The molecule has 0 aromatic heterocycles. The Morgan fingerprint density at radius 2 is 1.78 bits per heavy atom. The van der Waals surface area contributed by atoms with Gasteiger partial charge in [-0.3, -0.25) is 4.90 Å². The summed E-state index contributed by atoms with van der Waals surface area (Å²) in [5.41, 5.74) is 0.279. The minimum atomic E-state index is -0.634. The lowest BCUT2D eigenvalue weighted by molar-refractivity contribution is 0.241. The van der Waals surface area contributed by atoms with E-state index in [2.05, 4.69) is 6.07 Å². The molecule has 0 N–H and O–H groups in total. The van der Waals surface area contributed by atoms with Crippen molar-refractivity contribution in [3.8, 4) is 6.07 Å². The first-order chi connectivity index (χ1) is 8.72. The Morgan fingerprint density at radius 3 is 2.33 bits per heavy atom. The second-order valence-electron chi connectivity index (χ2n) is 4.65. The number of rotatable bonds is 2. The van der Waals surface area contributed by atoms with E-state index < -0.39 is 17.7 Å². The molecule has 96 valence electrons. The summed E-state index contributed by atoms with van der Waals surface area (Å²) in [6.07, 6.45) is 4.36. The van der Waals surface area contributed by atoms with E-state index in [1.54, 1.807) is 0 Å². The van der Waals surface area contributed by atoms with Gasteiger partial charge in [0.1, 0.15) is 17.7 Å². The van der Waals surface area contributed by atoms with Crippen molar-refractivity contribution in [2.75, 3.05) is 13.1 Å². The van der Waals surface area contributed by atoms with Crippen LogP contribution in [0, 0.1) is 23.0 Å². The molecule has 0 spiro atoms. The van der Waals surface area contributed by atoms with Crippen molar-refractivity contribution >= 4 is 0 Å². The largest absolute Gasteiger partial charge is 0.284 e. The zero-order valence-electron chi connectivity index (χ0n) is 10.2. The van der Waals surface area contributed by atoms with Crippen molar-refractivity contribution in [1.29, 1.82) is 5.26 Å². The maximum absolute atomic E-state index is 13.7. The molecule has 0 aliphatic carbocycles. The molecule has 0 radical (unpaired) electrons. The van der Waals surface area contributed by atoms with Crippen LogP contribution in [0.3, 0.4) is 0 Å². The first-order valence-corrected chi connectivity index (χ1v) is 6.31. The van der Waals surface area contributed by atoms with Gasteiger partial charge in [-0.05, 0) is 32.0 Å². The summed E-state index contributed by atoms with van der Waals surface area (Å²) in [6.45, 7) is 1.60. The third-order valence-electron chi connectivity index (χ3n) is 3.39. The molecule has 1 aliphatic rings. The summed E-state index contributed by atoms with van der Waals surface area (Å²) in [4.78, 5) is 1.99. The van der Waals surface area contributed by atoms with Gasteiger partial charge in [0.25, 0.3) is 0 Å². The average molecular weight is 250 g/mol. The van der Waals surface area contributed by atoms with E-state index in [1.807, 2.05) is 4.90 Å². The van der Waals surface area contributed by atoms with E-state index >= 15 is 0 Å². The fraction of sp³-hybridized carbons (Fsp3) is 0.500. The van der Waals surface area contributed by atoms with Gasteiger partial charge in [0.2, 0.25) is 0 Å². The first-order valence-electron chi connectivity index (χ1n) is 6.31. The Balaban J connectivity index is 2.24. The monoisotopic (exact) mass is 250 g/mol. The van der Waals surface area contributed by atoms with Gasteiger partial charge < -0.3 is 0 Å². The molecular formula is C14H16F2N2. The molecule has 4 heteroatoms. The highest BCUT2D eigenvalue weighted by Crippen LogP contribution is 2.26. The van der Waals surface area contributed by atoms with Crippen LogP contribution in [0.2, 0.25) is 0 Å². The van der Waals surface area contributed by atoms with E-state index in [9.17, 15) is 14.0 Å². The molecule has 2 rings (SSSR count). The zero-order chi connectivity index (χ0) is 13.0. The Morgan fingerprint density at radius 1 is 1.11 bits per heavy atom. The summed E-state index contributed by atoms with van der Waals surface area (Å²) < 4.78 is 26.6. The zero-order valence-corrected chi connectivity index (χ0v) is 10.2. The van der Waals surface area contributed by atoms with Crippen LogP contribution in [0.25, 0.3) is 0 Å². The molecule has 1 aliphatic heterocycles. The van der Waals surface area contributed by atoms with Crippen molar-refractivity contribution < 1.29 is 8.78 Å². The third-order valence-corrected chi connectivity index (χ3v) is 3.39. The maximum atomic E-state index is 13.7. The standard InChI is InChI=1S/C14H16F2N2/c15-11-5-6-12(13(16)9-11)14(10-17)18-7-3-1-2-4-8-18/h5-6,9,14H,1-4,7-8H2. The fourth-order valence-corrected chi connectivity index (χ4v) is 2.42. The maximum Gasteiger partial charge on any atom is 0.131 e. The molecule has 2 nitrogen and oxygen atoms in total. The lowest BCUT2D eigenvalue weighted by atomic mass is 10.1. The van der Waals surface area contributed by atoms with E-state index in [-0.39, 0.29) is 5.56 Å². The Bertz CT molecular complexity index is 446. The lowest BCUT2D eigenvalue weighted by Crippen LogP contribution is -2.29. The Kier molecular flexibility index (Phi) is 4.27. The van der Waals surface area contributed by atoms with Crippen LogP contribution in [0.4, 0.5) is 8.78 Å². The van der Waals surface area contributed by atoms with Gasteiger partial charge in [-0.1, -0.05) is 18.9 Å². The molecular weight excluding hydrogens is 234 g/mol. The lowest BCUT2D eigenvalue weighted by Gasteiger charge is -2.25. The molecule has 1 aromatic rings. The minimum Gasteiger partial charge on any atom is -0.284 e. The number of hydrogen-bond acceptors (Lipinski definition) is 2. The first kappa shape index (κ1) is 13.0. The van der Waals surface area contributed by atoms with Crippen molar-refractivity contribution in [3.63, 3.8) is 0 Å². The van der Waals surface area contributed by atoms with Crippen LogP contribution in [-0.4, -0.2) is 18.0 Å². The number of halogens is 2. The molecule has 0 saturated carbocycles. The predicted octanol–water partition coefficient (Wildman–Crippen LogP) is 3.41. The van der Waals surface area contributed by atoms with Crippen LogP contribution in [0.5, 0.6) is 0 Å². The van der Waals surface area contributed by atoms with Crippen LogP contribution >= 0.6 is 0 Å². The number of benzene rings is 1. The average Bonchev–Trinajstić information content (AvgIpc) is 2.62. The second kappa shape index (κ2) is 5.92. The van der Waals surface area contributed by atoms with E-state index in [1.165, 1.54) is 12.1 Å². The van der Waals surface area contributed by atoms with Gasteiger partial charge >= 0.3 is 0 Å². The van der Waals surface area contributed by atoms with Crippen LogP contribution in [-0.2, 0) is 0 Å². The Labute approximate surface area is 106 Å². The molecule has 1 aromatic carbocycles. The van der Waals surface area contributed by atoms with Crippen LogP contribution in [0.1, 0.15) is 37.3 Å². The third kappa shape index (κ3) is 2.85. The van der Waals surface area contributed by atoms with E-state index in [4.69, 9.17) is 0 Å². The van der Waals surface area contributed by atoms with Crippen LogP contribution in [0.15, 0.2) is 18.2 Å². The molecule has 0 amide bonds. The molecule has 0 bridgehead atoms. The molecule has 1 heterocycles. The topological polar surface area (TPSA) is 27.0 Å². The van der Waals surface area contributed by atoms with E-state index in [0.717, 1.165) is 44.8 Å². The fourth-order valence-electron chi connectivity index (χ4n) is 2.42. The van der Waals surface area contributed by atoms with Gasteiger partial charge in [0.05, 0.1) is 6.07 Å². The van der Waals surface area contributed by atoms with Crippen molar-refractivity contribution in [2.24, 2.45) is 0 Å². The molecule has 1 unspecified atom stereocenters. The van der Waals surface area contributed by atoms with Gasteiger partial charge in [0.15, 0.2) is 0 Å². The smallest absolute Gasteiger partial charge is 0.131 e. The number of hydrogen-bond donors (Lipinski definition) is 0. The highest BCUT2D eigenvalue weighted by molar-refractivity contribution is 5.26. The SMILES string of the molecule is N#CC(c1ccc(F)cc1F)N1CCCCCC1. The van der Waals surface area contributed by atoms with Crippen LogP contribution < -0.4 is 0 Å². The highest BCUT2D eigenvalue weighted by atomic mass is 19.1. The quantitative estimate of drug-likeness (QED) is 0.804. The summed E-state index contributed by atoms with van der Waals surface area (Å²) in [5.74, 6) is -1.24. The van der Waals surface area contributed by atoms with Gasteiger partial charge in [0, 0.05) is 11.6 Å². The Hall–Kier alpha value is -1.47. The van der Waals surface area contributed by atoms with Gasteiger partial charge in [-0.25, -0.2) is 8.78 Å². The van der Waals surface area contributed by atoms with Gasteiger partial charge in [-0.2, -0.15) is 5.26 Å². The summed E-state index contributed by atoms with van der Waals surface area (Å²) >= 11 is 0. The molecule has 1 atom stereocenters. The molecule has 18 heavy (non-hydrogen) atoms.